The lowest BCUT2D eigenvalue weighted by molar-refractivity contribution is -0.991. The average Bonchev–Trinajstić information content (AvgIpc) is 3.01. The van der Waals surface area contributed by atoms with Gasteiger partial charge in [-0.2, -0.15) is 10.3 Å². The Labute approximate surface area is 140 Å². The number of nitrogens with one attached hydrogen (secondary N) is 4. The fourth-order valence-electron chi connectivity index (χ4n) is 2.79. The Balaban J connectivity index is 1.38. The van der Waals surface area contributed by atoms with Gasteiger partial charge in [-0.3, -0.25) is 4.90 Å². The minimum atomic E-state index is 0.494. The van der Waals surface area contributed by atoms with E-state index in [1.54, 1.807) is 0 Å². The van der Waals surface area contributed by atoms with E-state index < -0.39 is 0 Å². The number of rotatable bonds is 3. The first kappa shape index (κ1) is 14.7. The predicted octanol–water partition coefficient (Wildman–Crippen LogP) is -0.412. The minimum absolute atomic E-state index is 0.494. The number of aromatic nitrogens is 1. The zero-order chi connectivity index (χ0) is 16.4. The number of anilines is 1. The Hall–Kier alpha value is -2.86. The average molecular weight is 323 g/mol. The van der Waals surface area contributed by atoms with Crippen LogP contribution in [-0.4, -0.2) is 24.3 Å². The monoisotopic (exact) mass is 323 g/mol. The summed E-state index contributed by atoms with van der Waals surface area (Å²) in [4.78, 5) is 9.19. The molecule has 6 nitrogen and oxygen atoms in total. The summed E-state index contributed by atoms with van der Waals surface area (Å²) in [6.45, 7) is 4.77. The summed E-state index contributed by atoms with van der Waals surface area (Å²) < 4.78 is 5.67. The number of guanidine groups is 1. The summed E-state index contributed by atoms with van der Waals surface area (Å²) in [5.41, 5.74) is 4.27. The third kappa shape index (κ3) is 3.23. The van der Waals surface area contributed by atoms with E-state index in [1.807, 2.05) is 24.3 Å². The van der Waals surface area contributed by atoms with Gasteiger partial charge >= 0.3 is 12.0 Å². The lowest BCUT2D eigenvalue weighted by atomic mass is 10.1. The number of oxazole rings is 1. The van der Waals surface area contributed by atoms with Crippen LogP contribution in [0.25, 0.3) is 11.1 Å². The molecule has 0 amide bonds. The van der Waals surface area contributed by atoms with Crippen molar-refractivity contribution in [2.45, 2.75) is 13.5 Å². The molecule has 1 aromatic heterocycles. The second-order valence-electron chi connectivity index (χ2n) is 6.11. The normalized spacial score (nSPS) is 17.4. The number of para-hydroxylation sites is 2. The Kier molecular flexibility index (Phi) is 3.88. The van der Waals surface area contributed by atoms with Crippen molar-refractivity contribution < 1.29 is 14.3 Å². The van der Waals surface area contributed by atoms with Crippen LogP contribution in [0.3, 0.4) is 0 Å². The highest BCUT2D eigenvalue weighted by atomic mass is 16.4. The van der Waals surface area contributed by atoms with Crippen LogP contribution >= 0.6 is 0 Å². The van der Waals surface area contributed by atoms with Gasteiger partial charge in [-0.25, -0.2) is 10.3 Å². The molecule has 1 aliphatic heterocycles. The van der Waals surface area contributed by atoms with Crippen LogP contribution < -0.4 is 20.5 Å². The maximum Gasteiger partial charge on any atom is 0.365 e. The second kappa shape index (κ2) is 6.33. The molecule has 0 spiro atoms. The number of nitrogens with zero attached hydrogens (tertiary/aromatic N) is 1. The summed E-state index contributed by atoms with van der Waals surface area (Å²) in [6.07, 6.45) is 0. The number of aryl methyl sites for hydroxylation is 1. The van der Waals surface area contributed by atoms with Crippen molar-refractivity contribution in [3.8, 4) is 0 Å². The van der Waals surface area contributed by atoms with Crippen LogP contribution in [0.4, 0.5) is 6.01 Å². The highest BCUT2D eigenvalue weighted by molar-refractivity contribution is 5.88. The van der Waals surface area contributed by atoms with Crippen molar-refractivity contribution in [1.82, 2.24) is 10.3 Å². The summed E-state index contributed by atoms with van der Waals surface area (Å²) >= 11 is 0. The predicted molar refractivity (Wildman–Crippen MR) is 92.3 cm³/mol. The molecule has 4 rings (SSSR count). The van der Waals surface area contributed by atoms with E-state index in [0.717, 1.165) is 36.9 Å². The van der Waals surface area contributed by atoms with Crippen LogP contribution in [-0.2, 0) is 6.54 Å². The summed E-state index contributed by atoms with van der Waals surface area (Å²) in [5.74, 6) is 0.828. The van der Waals surface area contributed by atoms with E-state index >= 15 is 0 Å². The number of hydrogen-bond acceptors (Lipinski definition) is 4. The fraction of sp³-hybridized carbons (Fsp3) is 0.222. The zero-order valence-electron chi connectivity index (χ0n) is 13.6. The third-order valence-corrected chi connectivity index (χ3v) is 4.13. The maximum absolute atomic E-state index is 5.67. The second-order valence-corrected chi connectivity index (χ2v) is 6.11. The van der Waals surface area contributed by atoms with Gasteiger partial charge in [0.05, 0.1) is 0 Å². The van der Waals surface area contributed by atoms with Gasteiger partial charge in [-0.1, -0.05) is 42.0 Å². The highest BCUT2D eigenvalue weighted by Crippen LogP contribution is 2.17. The Morgan fingerprint density at radius 1 is 1.21 bits per heavy atom. The van der Waals surface area contributed by atoms with E-state index in [4.69, 9.17) is 4.42 Å². The van der Waals surface area contributed by atoms with Gasteiger partial charge in [-0.05, 0) is 19.1 Å². The lowest BCUT2D eigenvalue weighted by Gasteiger charge is -2.20. The standard InChI is InChI=1S/C18H19N5O/c1-13-6-8-14(9-7-13)10-23-11-19-17(20-12-23)22-18-21-15-4-2-3-5-16(15)24-18/h2-9H,10-12H2,1H3,(H2,19,20,21,22)/p+2. The smallest absolute Gasteiger partial charge is 0.365 e. The zero-order valence-corrected chi connectivity index (χ0v) is 13.6. The molecule has 2 aromatic carbocycles. The SMILES string of the molecule is Cc1ccc(C[NH+]2CNC(Nc3nc4ccccc4o3)=[NH+]C2)cc1. The number of hydrogen-bond donors (Lipinski definition) is 4. The first-order chi connectivity index (χ1) is 11.8. The summed E-state index contributed by atoms with van der Waals surface area (Å²) in [5, 5.41) is 6.52. The topological polar surface area (TPSA) is 68.5 Å². The van der Waals surface area contributed by atoms with Gasteiger partial charge in [0.1, 0.15) is 12.1 Å². The molecule has 0 radical (unpaired) electrons. The van der Waals surface area contributed by atoms with Gasteiger partial charge < -0.3 is 4.42 Å². The van der Waals surface area contributed by atoms with Crippen molar-refractivity contribution in [2.75, 3.05) is 18.7 Å². The molecule has 3 aromatic rings. The molecule has 1 unspecified atom stereocenters. The molecule has 1 aliphatic rings. The molecule has 2 heterocycles. The Morgan fingerprint density at radius 3 is 2.79 bits per heavy atom. The fourth-order valence-corrected chi connectivity index (χ4v) is 2.79. The molecule has 1 atom stereocenters. The lowest BCUT2D eigenvalue weighted by Crippen LogP contribution is -3.23. The molecule has 0 fully saturated rings. The number of quaternary nitrogens is 1. The highest BCUT2D eigenvalue weighted by Gasteiger charge is 2.21. The van der Waals surface area contributed by atoms with Crippen molar-refractivity contribution >= 4 is 23.1 Å². The third-order valence-electron chi connectivity index (χ3n) is 4.13. The van der Waals surface area contributed by atoms with Gasteiger partial charge in [0.15, 0.2) is 18.9 Å². The molecule has 0 saturated heterocycles. The van der Waals surface area contributed by atoms with E-state index in [9.17, 15) is 0 Å². The van der Waals surface area contributed by atoms with Crippen molar-refractivity contribution in [3.63, 3.8) is 0 Å². The van der Waals surface area contributed by atoms with Crippen molar-refractivity contribution in [3.05, 3.63) is 59.7 Å². The van der Waals surface area contributed by atoms with Crippen molar-refractivity contribution in [1.29, 1.82) is 0 Å². The van der Waals surface area contributed by atoms with E-state index in [1.165, 1.54) is 16.0 Å². The first-order valence-corrected chi connectivity index (χ1v) is 8.13. The van der Waals surface area contributed by atoms with Crippen LogP contribution in [0.2, 0.25) is 0 Å². The molecular weight excluding hydrogens is 302 g/mol. The summed E-state index contributed by atoms with van der Waals surface area (Å²) in [7, 11) is 0. The van der Waals surface area contributed by atoms with Gasteiger partial charge in [0.25, 0.3) is 0 Å². The molecule has 0 aliphatic carbocycles. The van der Waals surface area contributed by atoms with Crippen molar-refractivity contribution in [2.24, 2.45) is 0 Å². The molecule has 6 heteroatoms. The minimum Gasteiger partial charge on any atom is -0.412 e. The largest absolute Gasteiger partial charge is 0.412 e. The molecular formula is C18H21N5O+2. The molecule has 0 bridgehead atoms. The van der Waals surface area contributed by atoms with Gasteiger partial charge in [-0.15, -0.1) is 0 Å². The number of fused-ring (bicyclic) bond motifs is 1. The Morgan fingerprint density at radius 2 is 2.04 bits per heavy atom. The van der Waals surface area contributed by atoms with Crippen LogP contribution in [0.1, 0.15) is 11.1 Å². The molecule has 0 saturated carbocycles. The first-order valence-electron chi connectivity index (χ1n) is 8.13. The Bertz CT molecular complexity index is 836. The molecule has 122 valence electrons. The summed E-state index contributed by atoms with van der Waals surface area (Å²) in [6, 6.07) is 16.9. The van der Waals surface area contributed by atoms with E-state index in [0.29, 0.717) is 6.01 Å². The number of benzene rings is 2. The van der Waals surface area contributed by atoms with E-state index in [-0.39, 0.29) is 0 Å². The van der Waals surface area contributed by atoms with Crippen LogP contribution in [0.5, 0.6) is 0 Å². The van der Waals surface area contributed by atoms with Crippen LogP contribution in [0, 0.1) is 6.92 Å². The van der Waals surface area contributed by atoms with E-state index in [2.05, 4.69) is 51.8 Å². The molecule has 4 N–H and O–H groups in total. The van der Waals surface area contributed by atoms with Crippen LogP contribution in [0.15, 0.2) is 52.9 Å². The van der Waals surface area contributed by atoms with Gasteiger partial charge in [0, 0.05) is 5.56 Å². The maximum atomic E-state index is 5.67. The molecule has 24 heavy (non-hydrogen) atoms. The van der Waals surface area contributed by atoms with Gasteiger partial charge in [0.2, 0.25) is 0 Å². The quantitative estimate of drug-likeness (QED) is 0.529.